The molecule has 0 bridgehead atoms. The van der Waals surface area contributed by atoms with Gasteiger partial charge < -0.3 is 0 Å². The molecule has 0 fully saturated rings. The van der Waals surface area contributed by atoms with Crippen molar-refractivity contribution in [3.05, 3.63) is 16.4 Å². The van der Waals surface area contributed by atoms with Gasteiger partial charge in [0.2, 0.25) is 0 Å². The normalized spacial score (nSPS) is 10.8. The average Bonchev–Trinajstić information content (AvgIpc) is 2.34. The Labute approximate surface area is 89.7 Å². The van der Waals surface area contributed by atoms with Crippen LogP contribution in [-0.4, -0.2) is 15.5 Å². The summed E-state index contributed by atoms with van der Waals surface area (Å²) in [7, 11) is 0. The van der Waals surface area contributed by atoms with Crippen molar-refractivity contribution in [2.75, 3.05) is 5.75 Å². The van der Waals surface area contributed by atoms with Gasteiger partial charge in [-0.15, -0.1) is 0 Å². The van der Waals surface area contributed by atoms with Crippen molar-refractivity contribution in [2.24, 2.45) is 0 Å². The van der Waals surface area contributed by atoms with Gasteiger partial charge >= 0.3 is 0 Å². The van der Waals surface area contributed by atoms with Crippen LogP contribution < -0.4 is 0 Å². The quantitative estimate of drug-likeness (QED) is 0.608. The zero-order chi connectivity index (χ0) is 9.84. The van der Waals surface area contributed by atoms with Gasteiger partial charge in [-0.2, -0.15) is 17.7 Å². The highest BCUT2D eigenvalue weighted by Crippen LogP contribution is 2.19. The minimum absolute atomic E-state index is 0.797. The Morgan fingerprint density at radius 2 is 2.08 bits per heavy atom. The van der Waals surface area contributed by atoms with Crippen LogP contribution in [0.25, 0.3) is 0 Å². The first-order valence-electron chi connectivity index (χ1n) is 4.47. The van der Waals surface area contributed by atoms with Gasteiger partial charge in [-0.3, -0.25) is 4.68 Å². The smallest absolute Gasteiger partial charge is 0.0844 e. The first kappa shape index (κ1) is 10.9. The number of aryl methyl sites for hydroxylation is 2. The van der Waals surface area contributed by atoms with E-state index < -0.39 is 0 Å². The SMILES string of the molecule is Cc1nn(CCCCS)c(C)c1Cl. The van der Waals surface area contributed by atoms with Crippen LogP contribution in [0.1, 0.15) is 24.2 Å². The maximum Gasteiger partial charge on any atom is 0.0844 e. The molecule has 0 radical (unpaired) electrons. The van der Waals surface area contributed by atoms with Gasteiger partial charge in [-0.25, -0.2) is 0 Å². The molecule has 0 aliphatic rings. The molecule has 1 heterocycles. The number of hydrogen-bond donors (Lipinski definition) is 1. The van der Waals surface area contributed by atoms with Crippen LogP contribution in [0.3, 0.4) is 0 Å². The van der Waals surface area contributed by atoms with E-state index in [-0.39, 0.29) is 0 Å². The van der Waals surface area contributed by atoms with Crippen molar-refractivity contribution in [3.8, 4) is 0 Å². The lowest BCUT2D eigenvalue weighted by atomic mass is 10.3. The average molecular weight is 219 g/mol. The van der Waals surface area contributed by atoms with E-state index in [1.807, 2.05) is 18.5 Å². The number of aromatic nitrogens is 2. The summed E-state index contributed by atoms with van der Waals surface area (Å²) in [4.78, 5) is 0. The largest absolute Gasteiger partial charge is 0.268 e. The monoisotopic (exact) mass is 218 g/mol. The number of hydrogen-bond acceptors (Lipinski definition) is 2. The van der Waals surface area contributed by atoms with Gasteiger partial charge in [-0.05, 0) is 32.4 Å². The van der Waals surface area contributed by atoms with Crippen LogP contribution in [0.5, 0.6) is 0 Å². The van der Waals surface area contributed by atoms with Crippen molar-refractivity contribution in [1.29, 1.82) is 0 Å². The predicted molar refractivity (Wildman–Crippen MR) is 59.8 cm³/mol. The molecule has 4 heteroatoms. The molecule has 0 spiro atoms. The molecule has 1 aromatic heterocycles. The minimum Gasteiger partial charge on any atom is -0.268 e. The topological polar surface area (TPSA) is 17.8 Å². The summed E-state index contributed by atoms with van der Waals surface area (Å²) >= 11 is 10.2. The second kappa shape index (κ2) is 4.91. The number of halogens is 1. The van der Waals surface area contributed by atoms with Crippen LogP contribution in [0, 0.1) is 13.8 Å². The Balaban J connectivity index is 2.61. The molecule has 0 aliphatic carbocycles. The molecule has 0 unspecified atom stereocenters. The van der Waals surface area contributed by atoms with Crippen molar-refractivity contribution in [2.45, 2.75) is 33.2 Å². The van der Waals surface area contributed by atoms with E-state index in [0.29, 0.717) is 0 Å². The zero-order valence-electron chi connectivity index (χ0n) is 8.05. The molecule has 2 nitrogen and oxygen atoms in total. The van der Waals surface area contributed by atoms with E-state index in [4.69, 9.17) is 11.6 Å². The molecule has 0 saturated heterocycles. The number of rotatable bonds is 4. The first-order chi connectivity index (χ1) is 6.16. The van der Waals surface area contributed by atoms with Gasteiger partial charge in [0.25, 0.3) is 0 Å². The van der Waals surface area contributed by atoms with Gasteiger partial charge in [0.05, 0.1) is 16.4 Å². The summed E-state index contributed by atoms with van der Waals surface area (Å²) in [5.41, 5.74) is 1.99. The molecule has 1 aromatic rings. The maximum absolute atomic E-state index is 6.01. The summed E-state index contributed by atoms with van der Waals surface area (Å²) in [5.74, 6) is 0.938. The third-order valence-electron chi connectivity index (χ3n) is 2.07. The van der Waals surface area contributed by atoms with Crippen molar-refractivity contribution >= 4 is 24.2 Å². The van der Waals surface area contributed by atoms with Gasteiger partial charge in [0.15, 0.2) is 0 Å². The number of unbranched alkanes of at least 4 members (excludes halogenated alkanes) is 1. The zero-order valence-corrected chi connectivity index (χ0v) is 9.70. The molecule has 0 aliphatic heterocycles. The molecular formula is C9H15ClN2S. The summed E-state index contributed by atoms with van der Waals surface area (Å²) in [6.07, 6.45) is 2.24. The molecule has 0 saturated carbocycles. The third-order valence-corrected chi connectivity index (χ3v) is 2.93. The molecule has 13 heavy (non-hydrogen) atoms. The highest BCUT2D eigenvalue weighted by atomic mass is 35.5. The Hall–Kier alpha value is -0.150. The van der Waals surface area contributed by atoms with Crippen LogP contribution in [-0.2, 0) is 6.54 Å². The molecule has 0 atom stereocenters. The minimum atomic E-state index is 0.797. The fourth-order valence-electron chi connectivity index (χ4n) is 1.27. The standard InChI is InChI=1S/C9H15ClN2S/c1-7-9(10)8(2)12(11-7)5-3-4-6-13/h13H,3-6H2,1-2H3. The molecule has 0 aromatic carbocycles. The summed E-state index contributed by atoms with van der Waals surface area (Å²) < 4.78 is 1.97. The highest BCUT2D eigenvalue weighted by Gasteiger charge is 2.07. The maximum atomic E-state index is 6.01. The van der Waals surface area contributed by atoms with E-state index in [2.05, 4.69) is 17.7 Å². The molecule has 0 N–H and O–H groups in total. The molecular weight excluding hydrogens is 204 g/mol. The number of thiol groups is 1. The van der Waals surface area contributed by atoms with E-state index >= 15 is 0 Å². The van der Waals surface area contributed by atoms with E-state index in [0.717, 1.165) is 41.5 Å². The van der Waals surface area contributed by atoms with Gasteiger partial charge in [-0.1, -0.05) is 11.6 Å². The lowest BCUT2D eigenvalue weighted by Gasteiger charge is -2.02. The molecule has 0 amide bonds. The Morgan fingerprint density at radius 1 is 1.38 bits per heavy atom. The van der Waals surface area contributed by atoms with Crippen molar-refractivity contribution in [3.63, 3.8) is 0 Å². The lowest BCUT2D eigenvalue weighted by molar-refractivity contribution is 0.558. The van der Waals surface area contributed by atoms with Gasteiger partial charge in [0, 0.05) is 6.54 Å². The highest BCUT2D eigenvalue weighted by molar-refractivity contribution is 7.80. The fraction of sp³-hybridized carbons (Fsp3) is 0.667. The van der Waals surface area contributed by atoms with Crippen LogP contribution in [0.4, 0.5) is 0 Å². The van der Waals surface area contributed by atoms with Crippen LogP contribution in [0.15, 0.2) is 0 Å². The predicted octanol–water partition coefficient (Wildman–Crippen LogP) is 2.86. The fourth-order valence-corrected chi connectivity index (χ4v) is 1.63. The number of nitrogens with zero attached hydrogens (tertiary/aromatic N) is 2. The van der Waals surface area contributed by atoms with Crippen molar-refractivity contribution in [1.82, 2.24) is 9.78 Å². The lowest BCUT2D eigenvalue weighted by Crippen LogP contribution is -2.02. The van der Waals surface area contributed by atoms with Crippen molar-refractivity contribution < 1.29 is 0 Å². The summed E-state index contributed by atoms with van der Waals surface area (Å²) in [6.45, 7) is 4.88. The third kappa shape index (κ3) is 2.64. The Kier molecular flexibility index (Phi) is 4.13. The van der Waals surface area contributed by atoms with E-state index in [1.54, 1.807) is 0 Å². The van der Waals surface area contributed by atoms with Gasteiger partial charge in [0.1, 0.15) is 0 Å². The summed E-state index contributed by atoms with van der Waals surface area (Å²) in [5, 5.41) is 5.14. The van der Waals surface area contributed by atoms with Crippen LogP contribution in [0.2, 0.25) is 5.02 Å². The van der Waals surface area contributed by atoms with E-state index in [1.165, 1.54) is 0 Å². The van der Waals surface area contributed by atoms with E-state index in [9.17, 15) is 0 Å². The second-order valence-electron chi connectivity index (χ2n) is 3.14. The Bertz CT molecular complexity index is 283. The molecule has 1 rings (SSSR count). The summed E-state index contributed by atoms with van der Waals surface area (Å²) in [6, 6.07) is 0. The van der Waals surface area contributed by atoms with Crippen LogP contribution >= 0.6 is 24.2 Å². The Morgan fingerprint density at radius 3 is 2.54 bits per heavy atom. The first-order valence-corrected chi connectivity index (χ1v) is 5.48. The molecule has 74 valence electrons. The second-order valence-corrected chi connectivity index (χ2v) is 3.96.